The molecule has 5 nitrogen and oxygen atoms in total. The summed E-state index contributed by atoms with van der Waals surface area (Å²) in [7, 11) is 1.70. The third kappa shape index (κ3) is 3.85. The molecule has 0 spiro atoms. The minimum Gasteiger partial charge on any atom is -0.492 e. The summed E-state index contributed by atoms with van der Waals surface area (Å²) in [5.74, 6) is 0.547. The van der Waals surface area contributed by atoms with Crippen LogP contribution < -0.4 is 10.5 Å². The number of rotatable bonds is 5. The summed E-state index contributed by atoms with van der Waals surface area (Å²) in [4.78, 5) is 17.5. The lowest BCUT2D eigenvalue weighted by molar-refractivity contribution is 0.0769. The van der Waals surface area contributed by atoms with E-state index in [2.05, 4.69) is 4.98 Å². The second kappa shape index (κ2) is 6.58. The van der Waals surface area contributed by atoms with Gasteiger partial charge in [-0.2, -0.15) is 0 Å². The van der Waals surface area contributed by atoms with Gasteiger partial charge >= 0.3 is 0 Å². The highest BCUT2D eigenvalue weighted by Crippen LogP contribution is 2.16. The first-order chi connectivity index (χ1) is 9.56. The molecule has 0 aliphatic heterocycles. The van der Waals surface area contributed by atoms with Gasteiger partial charge in [0, 0.05) is 17.5 Å². The van der Waals surface area contributed by atoms with E-state index in [1.807, 2.05) is 0 Å². The van der Waals surface area contributed by atoms with Crippen molar-refractivity contribution >= 4 is 34.0 Å². The van der Waals surface area contributed by atoms with Crippen LogP contribution in [0.15, 0.2) is 29.6 Å². The zero-order valence-corrected chi connectivity index (χ0v) is 12.4. The minimum absolute atomic E-state index is 0.169. The highest BCUT2D eigenvalue weighted by Gasteiger charge is 2.14. The summed E-state index contributed by atoms with van der Waals surface area (Å²) in [5, 5.41) is 2.69. The summed E-state index contributed by atoms with van der Waals surface area (Å²) in [6, 6.07) is 7.07. The number of benzene rings is 1. The van der Waals surface area contributed by atoms with Crippen molar-refractivity contribution in [1.29, 1.82) is 0 Å². The van der Waals surface area contributed by atoms with E-state index in [1.54, 1.807) is 41.6 Å². The van der Waals surface area contributed by atoms with Crippen molar-refractivity contribution in [3.63, 3.8) is 0 Å². The predicted molar refractivity (Wildman–Crippen MR) is 80.4 cm³/mol. The summed E-state index contributed by atoms with van der Waals surface area (Å²) >= 11 is 7.03. The van der Waals surface area contributed by atoms with Crippen molar-refractivity contribution in [2.75, 3.05) is 25.9 Å². The van der Waals surface area contributed by atoms with Crippen LogP contribution in [0.5, 0.6) is 5.75 Å². The molecular formula is C13H14ClN3O2S. The van der Waals surface area contributed by atoms with Crippen LogP contribution in [0, 0.1) is 0 Å². The van der Waals surface area contributed by atoms with Gasteiger partial charge in [-0.25, -0.2) is 4.98 Å². The largest absolute Gasteiger partial charge is 0.492 e. The molecule has 0 saturated carbocycles. The first kappa shape index (κ1) is 14.6. The van der Waals surface area contributed by atoms with Crippen molar-refractivity contribution in [3.05, 3.63) is 40.4 Å². The maximum absolute atomic E-state index is 12.0. The van der Waals surface area contributed by atoms with Gasteiger partial charge in [0.05, 0.1) is 6.54 Å². The van der Waals surface area contributed by atoms with Gasteiger partial charge in [0.2, 0.25) is 0 Å². The Hall–Kier alpha value is -1.79. The van der Waals surface area contributed by atoms with Gasteiger partial charge in [-0.3, -0.25) is 4.79 Å². The highest BCUT2D eigenvalue weighted by molar-refractivity contribution is 7.13. The highest BCUT2D eigenvalue weighted by atomic mass is 35.5. The molecule has 0 aliphatic carbocycles. The number of carbonyl (C=O) groups is 1. The van der Waals surface area contributed by atoms with E-state index in [-0.39, 0.29) is 5.91 Å². The van der Waals surface area contributed by atoms with Crippen LogP contribution in [0.25, 0.3) is 0 Å². The Balaban J connectivity index is 1.81. The molecule has 1 amide bonds. The molecule has 2 rings (SSSR count). The molecule has 1 aromatic heterocycles. The zero-order valence-electron chi connectivity index (χ0n) is 10.9. The molecule has 0 radical (unpaired) electrons. The number of hydrogen-bond donors (Lipinski definition) is 1. The number of nitrogens with zero attached hydrogens (tertiary/aromatic N) is 2. The second-order valence-corrected chi connectivity index (χ2v) is 5.43. The maximum Gasteiger partial charge on any atom is 0.273 e. The Morgan fingerprint density at radius 3 is 2.75 bits per heavy atom. The summed E-state index contributed by atoms with van der Waals surface area (Å²) in [6.45, 7) is 0.850. The van der Waals surface area contributed by atoms with Gasteiger partial charge in [-0.05, 0) is 24.3 Å². The van der Waals surface area contributed by atoms with Crippen LogP contribution in [-0.4, -0.2) is 36.0 Å². The van der Waals surface area contributed by atoms with Gasteiger partial charge in [-0.1, -0.05) is 11.6 Å². The molecular weight excluding hydrogens is 298 g/mol. The lowest BCUT2D eigenvalue weighted by Gasteiger charge is -2.16. The normalized spacial score (nSPS) is 10.3. The van der Waals surface area contributed by atoms with Gasteiger partial charge < -0.3 is 15.4 Å². The van der Waals surface area contributed by atoms with E-state index in [9.17, 15) is 4.79 Å². The number of anilines is 1. The molecule has 7 heteroatoms. The molecule has 0 saturated heterocycles. The van der Waals surface area contributed by atoms with Crippen molar-refractivity contribution in [2.24, 2.45) is 0 Å². The van der Waals surface area contributed by atoms with E-state index in [0.29, 0.717) is 34.7 Å². The number of carbonyl (C=O) groups excluding carboxylic acids is 1. The second-order valence-electron chi connectivity index (χ2n) is 4.10. The van der Waals surface area contributed by atoms with Crippen molar-refractivity contribution in [2.45, 2.75) is 0 Å². The van der Waals surface area contributed by atoms with Crippen LogP contribution in [-0.2, 0) is 0 Å². The van der Waals surface area contributed by atoms with E-state index in [4.69, 9.17) is 22.1 Å². The monoisotopic (exact) mass is 311 g/mol. The zero-order chi connectivity index (χ0) is 14.5. The van der Waals surface area contributed by atoms with Crippen LogP contribution >= 0.6 is 22.9 Å². The van der Waals surface area contributed by atoms with Crippen molar-refractivity contribution in [1.82, 2.24) is 9.88 Å². The number of thiazole rings is 1. The van der Waals surface area contributed by atoms with Crippen molar-refractivity contribution < 1.29 is 9.53 Å². The van der Waals surface area contributed by atoms with Gasteiger partial charge in [-0.15, -0.1) is 11.3 Å². The fourth-order valence-electron chi connectivity index (χ4n) is 1.51. The summed E-state index contributed by atoms with van der Waals surface area (Å²) in [5.41, 5.74) is 5.87. The molecule has 1 heterocycles. The fraction of sp³-hybridized carbons (Fsp3) is 0.231. The number of nitrogen functional groups attached to an aromatic ring is 1. The number of likely N-dealkylation sites (N-methyl/N-ethyl adjacent to an activating group) is 1. The molecule has 0 aliphatic rings. The molecule has 2 aromatic rings. The number of aromatic nitrogens is 1. The quantitative estimate of drug-likeness (QED) is 0.921. The van der Waals surface area contributed by atoms with Crippen molar-refractivity contribution in [3.8, 4) is 5.75 Å². The van der Waals surface area contributed by atoms with E-state index in [0.717, 1.165) is 0 Å². The third-order valence-corrected chi connectivity index (χ3v) is 3.52. The van der Waals surface area contributed by atoms with E-state index >= 15 is 0 Å². The Kier molecular flexibility index (Phi) is 4.81. The van der Waals surface area contributed by atoms with Gasteiger partial charge in [0.25, 0.3) is 5.91 Å². The Morgan fingerprint density at radius 2 is 2.15 bits per heavy atom. The lowest BCUT2D eigenvalue weighted by Crippen LogP contribution is -2.31. The first-order valence-corrected chi connectivity index (χ1v) is 7.17. The predicted octanol–water partition coefficient (Wildman–Crippen LogP) is 2.53. The molecule has 2 N–H and O–H groups in total. The Bertz CT molecular complexity index is 586. The Morgan fingerprint density at radius 1 is 1.45 bits per heavy atom. The molecule has 106 valence electrons. The average Bonchev–Trinajstić information content (AvgIpc) is 2.86. The van der Waals surface area contributed by atoms with Crippen LogP contribution in [0.3, 0.4) is 0 Å². The van der Waals surface area contributed by atoms with Crippen LogP contribution in [0.2, 0.25) is 5.02 Å². The van der Waals surface area contributed by atoms with Crippen LogP contribution in [0.1, 0.15) is 10.5 Å². The first-order valence-electron chi connectivity index (χ1n) is 5.91. The number of amides is 1. The van der Waals surface area contributed by atoms with Crippen LogP contribution in [0.4, 0.5) is 5.13 Å². The topological polar surface area (TPSA) is 68.5 Å². The van der Waals surface area contributed by atoms with Gasteiger partial charge in [0.1, 0.15) is 18.1 Å². The molecule has 1 aromatic carbocycles. The maximum atomic E-state index is 12.0. The van der Waals surface area contributed by atoms with Gasteiger partial charge in [0.15, 0.2) is 5.13 Å². The average molecular weight is 312 g/mol. The number of hydrogen-bond acceptors (Lipinski definition) is 5. The van der Waals surface area contributed by atoms with E-state index in [1.165, 1.54) is 11.3 Å². The SMILES string of the molecule is CN(CCOc1ccc(Cl)cc1)C(=O)c1csc(N)n1. The fourth-order valence-corrected chi connectivity index (χ4v) is 2.18. The minimum atomic E-state index is -0.169. The number of ether oxygens (including phenoxy) is 1. The Labute approximate surface area is 125 Å². The third-order valence-electron chi connectivity index (χ3n) is 2.60. The summed E-state index contributed by atoms with van der Waals surface area (Å²) < 4.78 is 5.53. The van der Waals surface area contributed by atoms with E-state index < -0.39 is 0 Å². The number of nitrogens with two attached hydrogens (primary N) is 1. The standard InChI is InChI=1S/C13H14ClN3O2S/c1-17(12(18)11-8-20-13(15)16-11)6-7-19-10-4-2-9(14)3-5-10/h2-5,8H,6-7H2,1H3,(H2,15,16). The molecule has 0 atom stereocenters. The smallest absolute Gasteiger partial charge is 0.273 e. The molecule has 0 fully saturated rings. The lowest BCUT2D eigenvalue weighted by atomic mass is 10.3. The molecule has 0 bridgehead atoms. The summed E-state index contributed by atoms with van der Waals surface area (Å²) in [6.07, 6.45) is 0. The number of halogens is 1. The molecule has 20 heavy (non-hydrogen) atoms. The molecule has 0 unspecified atom stereocenters.